The van der Waals surface area contributed by atoms with Crippen LogP contribution in [-0.4, -0.2) is 36.3 Å². The van der Waals surface area contributed by atoms with E-state index >= 15 is 0 Å². The molecule has 9 heteroatoms. The zero-order valence-electron chi connectivity index (χ0n) is 17.2. The van der Waals surface area contributed by atoms with Gasteiger partial charge in [0.25, 0.3) is 0 Å². The van der Waals surface area contributed by atoms with Gasteiger partial charge in [-0.15, -0.1) is 0 Å². The monoisotopic (exact) mass is 442 g/mol. The third-order valence-electron chi connectivity index (χ3n) is 5.28. The van der Waals surface area contributed by atoms with E-state index in [1.165, 1.54) is 23.5 Å². The minimum atomic E-state index is -3.98. The summed E-state index contributed by atoms with van der Waals surface area (Å²) in [6, 6.07) is 12.3. The molecule has 7 nitrogen and oxygen atoms in total. The number of pyridine rings is 2. The van der Waals surface area contributed by atoms with E-state index in [1.54, 1.807) is 18.3 Å². The molecule has 1 fully saturated rings. The molecule has 2 aromatic heterocycles. The first-order valence-corrected chi connectivity index (χ1v) is 11.3. The van der Waals surface area contributed by atoms with Crippen LogP contribution < -0.4 is 10.1 Å². The largest absolute Gasteiger partial charge is 0.495 e. The van der Waals surface area contributed by atoms with E-state index < -0.39 is 21.9 Å². The van der Waals surface area contributed by atoms with Crippen molar-refractivity contribution in [2.24, 2.45) is 0 Å². The Labute approximate surface area is 181 Å². The lowest BCUT2D eigenvalue weighted by atomic mass is 10.1. The van der Waals surface area contributed by atoms with Crippen LogP contribution in [0.1, 0.15) is 30.1 Å². The molecule has 1 aromatic carbocycles. The molecule has 1 N–H and O–H groups in total. The van der Waals surface area contributed by atoms with Gasteiger partial charge < -0.3 is 10.1 Å². The number of aryl methyl sites for hydroxylation is 1. The molecule has 0 spiro atoms. The number of benzene rings is 1. The minimum Gasteiger partial charge on any atom is -0.495 e. The van der Waals surface area contributed by atoms with Crippen molar-refractivity contribution >= 4 is 21.7 Å². The molecule has 3 aromatic rings. The number of methoxy groups -OCH3 is 1. The van der Waals surface area contributed by atoms with Crippen LogP contribution in [0.5, 0.6) is 5.75 Å². The molecule has 0 amide bonds. The topological polar surface area (TPSA) is 84.4 Å². The summed E-state index contributed by atoms with van der Waals surface area (Å²) in [6.07, 6.45) is 2.99. The van der Waals surface area contributed by atoms with Gasteiger partial charge in [0.05, 0.1) is 18.8 Å². The fraction of sp³-hybridized carbons (Fsp3) is 0.273. The third kappa shape index (κ3) is 4.24. The Kier molecular flexibility index (Phi) is 5.88. The van der Waals surface area contributed by atoms with Crippen molar-refractivity contribution in [3.63, 3.8) is 0 Å². The van der Waals surface area contributed by atoms with Crippen molar-refractivity contribution in [1.29, 1.82) is 0 Å². The molecule has 1 saturated heterocycles. The van der Waals surface area contributed by atoms with Crippen molar-refractivity contribution in [3.8, 4) is 5.75 Å². The second kappa shape index (κ2) is 8.60. The van der Waals surface area contributed by atoms with E-state index in [1.807, 2.05) is 25.1 Å². The fourth-order valence-electron chi connectivity index (χ4n) is 3.75. The first-order valence-electron chi connectivity index (χ1n) is 9.91. The number of sulfonamides is 1. The Morgan fingerprint density at radius 2 is 2.03 bits per heavy atom. The molecule has 31 heavy (non-hydrogen) atoms. The molecular weight excluding hydrogens is 419 g/mol. The van der Waals surface area contributed by atoms with Crippen LogP contribution >= 0.6 is 0 Å². The Morgan fingerprint density at radius 3 is 2.81 bits per heavy atom. The van der Waals surface area contributed by atoms with Gasteiger partial charge in [-0.25, -0.2) is 22.8 Å². The summed E-state index contributed by atoms with van der Waals surface area (Å²) in [7, 11) is -2.62. The maximum atomic E-state index is 13.8. The van der Waals surface area contributed by atoms with Gasteiger partial charge in [-0.05, 0) is 61.7 Å². The van der Waals surface area contributed by atoms with Crippen molar-refractivity contribution < 1.29 is 17.5 Å². The summed E-state index contributed by atoms with van der Waals surface area (Å²) in [4.78, 5) is 8.78. The average Bonchev–Trinajstić information content (AvgIpc) is 3.27. The van der Waals surface area contributed by atoms with Crippen LogP contribution in [0.25, 0.3) is 0 Å². The number of nitrogens with one attached hydrogen (secondary N) is 1. The Bertz CT molecular complexity index is 1200. The number of hydrogen-bond donors (Lipinski definition) is 1. The highest BCUT2D eigenvalue weighted by Gasteiger charge is 2.38. The summed E-state index contributed by atoms with van der Waals surface area (Å²) in [5.74, 6) is 0.741. The van der Waals surface area contributed by atoms with Crippen molar-refractivity contribution in [2.75, 3.05) is 19.0 Å². The van der Waals surface area contributed by atoms with Crippen molar-refractivity contribution in [3.05, 3.63) is 71.8 Å². The molecule has 3 heterocycles. The molecule has 1 aliphatic rings. The smallest absolute Gasteiger partial charge is 0.247 e. The third-order valence-corrected chi connectivity index (χ3v) is 7.21. The predicted molar refractivity (Wildman–Crippen MR) is 115 cm³/mol. The molecule has 1 atom stereocenters. The van der Waals surface area contributed by atoms with Gasteiger partial charge in [-0.1, -0.05) is 12.1 Å². The van der Waals surface area contributed by atoms with Crippen LogP contribution in [-0.2, 0) is 10.0 Å². The standard InChI is InChI=1S/C22H23FN4O3S/c1-15-6-4-12-24-22(15)26-21-9-3-7-17(25-21)18-8-5-13-27(18)31(28,29)20-14-16(23)10-11-19(20)30-2/h3-4,6-7,9-12,14,18H,5,8,13H2,1-2H3,(H,24,25,26)/t18-/m0/s1. The summed E-state index contributed by atoms with van der Waals surface area (Å²) in [6.45, 7) is 2.27. The van der Waals surface area contributed by atoms with E-state index in [0.29, 0.717) is 36.7 Å². The molecule has 0 unspecified atom stereocenters. The van der Waals surface area contributed by atoms with Crippen molar-refractivity contribution in [2.45, 2.75) is 30.7 Å². The van der Waals surface area contributed by atoms with Gasteiger partial charge in [0, 0.05) is 12.7 Å². The summed E-state index contributed by atoms with van der Waals surface area (Å²) in [5.41, 5.74) is 1.59. The summed E-state index contributed by atoms with van der Waals surface area (Å²) >= 11 is 0. The van der Waals surface area contributed by atoms with Crippen molar-refractivity contribution in [1.82, 2.24) is 14.3 Å². The van der Waals surface area contributed by atoms with E-state index in [0.717, 1.165) is 11.6 Å². The molecule has 0 aliphatic carbocycles. The lowest BCUT2D eigenvalue weighted by molar-refractivity contribution is 0.376. The van der Waals surface area contributed by atoms with Gasteiger partial charge in [0.2, 0.25) is 10.0 Å². The zero-order chi connectivity index (χ0) is 22.0. The molecule has 0 bridgehead atoms. The Morgan fingerprint density at radius 1 is 1.19 bits per heavy atom. The molecule has 162 valence electrons. The highest BCUT2D eigenvalue weighted by Crippen LogP contribution is 2.38. The van der Waals surface area contributed by atoms with E-state index in [4.69, 9.17) is 4.74 Å². The van der Waals surface area contributed by atoms with Gasteiger partial charge in [-0.2, -0.15) is 4.31 Å². The number of aromatic nitrogens is 2. The van der Waals surface area contributed by atoms with E-state index in [2.05, 4.69) is 15.3 Å². The number of hydrogen-bond acceptors (Lipinski definition) is 6. The number of ether oxygens (including phenoxy) is 1. The maximum absolute atomic E-state index is 13.8. The second-order valence-electron chi connectivity index (χ2n) is 7.31. The quantitative estimate of drug-likeness (QED) is 0.616. The van der Waals surface area contributed by atoms with Crippen LogP contribution in [0, 0.1) is 12.7 Å². The Hall–Kier alpha value is -3.04. The van der Waals surface area contributed by atoms with Gasteiger partial charge >= 0.3 is 0 Å². The van der Waals surface area contributed by atoms with E-state index in [9.17, 15) is 12.8 Å². The SMILES string of the molecule is COc1ccc(F)cc1S(=O)(=O)N1CCC[C@H]1c1cccc(Nc2ncccc2C)n1. The van der Waals surface area contributed by atoms with Crippen LogP contribution in [0.3, 0.4) is 0 Å². The molecule has 0 saturated carbocycles. The highest BCUT2D eigenvalue weighted by atomic mass is 32.2. The molecule has 1 aliphatic heterocycles. The first-order chi connectivity index (χ1) is 14.9. The van der Waals surface area contributed by atoms with Crippen LogP contribution in [0.15, 0.2) is 59.6 Å². The summed E-state index contributed by atoms with van der Waals surface area (Å²) < 4.78 is 47.2. The fourth-order valence-corrected chi connectivity index (χ4v) is 5.58. The number of anilines is 2. The average molecular weight is 443 g/mol. The molecular formula is C22H23FN4O3S. The van der Waals surface area contributed by atoms with Crippen LogP contribution in [0.4, 0.5) is 16.0 Å². The van der Waals surface area contributed by atoms with Gasteiger partial charge in [0.1, 0.15) is 28.1 Å². The Balaban J connectivity index is 1.66. The zero-order valence-corrected chi connectivity index (χ0v) is 18.1. The normalized spacial score (nSPS) is 16.9. The lowest BCUT2D eigenvalue weighted by Gasteiger charge is -2.25. The van der Waals surface area contributed by atoms with Gasteiger partial charge in [0.15, 0.2) is 0 Å². The molecule has 0 radical (unpaired) electrons. The minimum absolute atomic E-state index is 0.112. The van der Waals surface area contributed by atoms with E-state index in [-0.39, 0.29) is 10.6 Å². The number of halogens is 1. The predicted octanol–water partition coefficient (Wildman–Crippen LogP) is 4.20. The maximum Gasteiger partial charge on any atom is 0.247 e. The number of rotatable bonds is 6. The van der Waals surface area contributed by atoms with Crippen LogP contribution in [0.2, 0.25) is 0 Å². The second-order valence-corrected chi connectivity index (χ2v) is 9.17. The number of nitrogens with zero attached hydrogens (tertiary/aromatic N) is 3. The highest BCUT2D eigenvalue weighted by molar-refractivity contribution is 7.89. The summed E-state index contributed by atoms with van der Waals surface area (Å²) in [5, 5.41) is 3.19. The molecule has 4 rings (SSSR count). The lowest BCUT2D eigenvalue weighted by Crippen LogP contribution is -2.31. The van der Waals surface area contributed by atoms with Gasteiger partial charge in [-0.3, -0.25) is 0 Å². The first kappa shape index (κ1) is 21.2.